The Morgan fingerprint density at radius 1 is 1.23 bits per heavy atom. The van der Waals surface area contributed by atoms with Gasteiger partial charge < -0.3 is 31.1 Å². The Morgan fingerprint density at radius 3 is 2.77 bits per heavy atom. The average Bonchev–Trinajstić information content (AvgIpc) is 3.35. The van der Waals surface area contributed by atoms with Gasteiger partial charge in [-0.15, -0.1) is 11.3 Å². The lowest BCUT2D eigenvalue weighted by molar-refractivity contribution is -0.147. The topological polar surface area (TPSA) is 174 Å². The van der Waals surface area contributed by atoms with Crippen molar-refractivity contribution >= 4 is 51.1 Å². The molecule has 0 radical (unpaired) electrons. The zero-order valence-electron chi connectivity index (χ0n) is 15.9. The molecule has 11 nitrogen and oxygen atoms in total. The number of hydrogen-bond donors (Lipinski definition) is 6. The van der Waals surface area contributed by atoms with E-state index in [9.17, 15) is 24.3 Å². The van der Waals surface area contributed by atoms with Crippen molar-refractivity contribution in [1.82, 2.24) is 20.6 Å². The van der Waals surface area contributed by atoms with Gasteiger partial charge in [-0.2, -0.15) is 0 Å². The first-order chi connectivity index (χ1) is 14.8. The molecule has 3 heterocycles. The Labute approximate surface area is 178 Å². The third-order valence-corrected chi connectivity index (χ3v) is 6.17. The normalized spacial score (nSPS) is 15.3. The number of H-pyrrole nitrogens is 1. The number of carboxylic acid groups (broad SMARTS) is 2. The van der Waals surface area contributed by atoms with E-state index in [1.807, 2.05) is 0 Å². The minimum atomic E-state index is -1.71. The van der Waals surface area contributed by atoms with Crippen LogP contribution in [0.3, 0.4) is 0 Å². The van der Waals surface area contributed by atoms with E-state index in [0.717, 1.165) is 22.4 Å². The number of amides is 2. The van der Waals surface area contributed by atoms with E-state index in [1.54, 1.807) is 18.2 Å². The SMILES string of the molecule is O=C(O)C(=O)Nc1sc2c(c1C(=O)O)CCN[C@H]2CNC(=O)c1ccc2nc[nH]c2c1. The summed E-state index contributed by atoms with van der Waals surface area (Å²) in [5, 5.41) is 26.6. The number of carbonyl (C=O) groups excluding carboxylic acids is 2. The third kappa shape index (κ3) is 3.98. The molecule has 0 aliphatic carbocycles. The Kier molecular flexibility index (Phi) is 5.40. The summed E-state index contributed by atoms with van der Waals surface area (Å²) in [6.45, 7) is 0.649. The van der Waals surface area contributed by atoms with Gasteiger partial charge in [0.05, 0.1) is 29.0 Å². The monoisotopic (exact) mass is 443 g/mol. The van der Waals surface area contributed by atoms with Crippen molar-refractivity contribution in [2.75, 3.05) is 18.4 Å². The maximum absolute atomic E-state index is 12.6. The van der Waals surface area contributed by atoms with E-state index < -0.39 is 17.8 Å². The molecule has 12 heteroatoms. The van der Waals surface area contributed by atoms with Crippen molar-refractivity contribution in [3.63, 3.8) is 0 Å². The fourth-order valence-corrected chi connectivity index (χ4v) is 4.80. The van der Waals surface area contributed by atoms with E-state index in [0.29, 0.717) is 29.0 Å². The number of rotatable bonds is 5. The van der Waals surface area contributed by atoms with Crippen molar-refractivity contribution in [1.29, 1.82) is 0 Å². The summed E-state index contributed by atoms with van der Waals surface area (Å²) in [7, 11) is 0. The van der Waals surface area contributed by atoms with Gasteiger partial charge in [-0.3, -0.25) is 9.59 Å². The van der Waals surface area contributed by atoms with Crippen LogP contribution in [0.1, 0.15) is 37.2 Å². The minimum Gasteiger partial charge on any atom is -0.478 e. The summed E-state index contributed by atoms with van der Waals surface area (Å²) in [4.78, 5) is 54.4. The third-order valence-electron chi connectivity index (χ3n) is 4.90. The van der Waals surface area contributed by atoms with E-state index in [4.69, 9.17) is 5.11 Å². The predicted octanol–water partition coefficient (Wildman–Crippen LogP) is 0.963. The van der Waals surface area contributed by atoms with Crippen LogP contribution in [0.25, 0.3) is 11.0 Å². The maximum atomic E-state index is 12.6. The lowest BCUT2D eigenvalue weighted by Gasteiger charge is -2.24. The van der Waals surface area contributed by atoms with Gasteiger partial charge in [0.1, 0.15) is 5.00 Å². The second-order valence-electron chi connectivity index (χ2n) is 6.81. The molecule has 3 aromatic rings. The summed E-state index contributed by atoms with van der Waals surface area (Å²) in [5.41, 5.74) is 2.33. The lowest BCUT2D eigenvalue weighted by Crippen LogP contribution is -2.38. The molecule has 0 fully saturated rings. The highest BCUT2D eigenvalue weighted by atomic mass is 32.1. The van der Waals surface area contributed by atoms with Crippen LogP contribution in [0.5, 0.6) is 0 Å². The summed E-state index contributed by atoms with van der Waals surface area (Å²) in [6, 6.07) is 4.69. The number of benzene rings is 1. The van der Waals surface area contributed by atoms with Crippen LogP contribution in [-0.4, -0.2) is 57.0 Å². The number of carbonyl (C=O) groups is 4. The Bertz CT molecular complexity index is 1220. The molecule has 2 aromatic heterocycles. The van der Waals surface area contributed by atoms with Crippen molar-refractivity contribution in [3.05, 3.63) is 46.1 Å². The largest absolute Gasteiger partial charge is 0.478 e. The number of imidazole rings is 1. The molecule has 1 aromatic carbocycles. The van der Waals surface area contributed by atoms with E-state index >= 15 is 0 Å². The van der Waals surface area contributed by atoms with Gasteiger partial charge in [0.15, 0.2) is 0 Å². The van der Waals surface area contributed by atoms with E-state index in [2.05, 4.69) is 25.9 Å². The quantitative estimate of drug-likeness (QED) is 0.316. The number of aromatic carboxylic acids is 1. The average molecular weight is 443 g/mol. The number of carboxylic acids is 2. The number of hydrogen-bond acceptors (Lipinski definition) is 7. The summed E-state index contributed by atoms with van der Waals surface area (Å²) in [6.07, 6.45) is 1.94. The second kappa shape index (κ2) is 8.16. The molecule has 2 amide bonds. The summed E-state index contributed by atoms with van der Waals surface area (Å²) >= 11 is 0.991. The number of aliphatic carboxylic acids is 1. The molecule has 31 heavy (non-hydrogen) atoms. The van der Waals surface area contributed by atoms with Gasteiger partial charge in [0.2, 0.25) is 0 Å². The van der Waals surface area contributed by atoms with Gasteiger partial charge in [-0.1, -0.05) is 0 Å². The molecule has 0 bridgehead atoms. The van der Waals surface area contributed by atoms with Crippen LogP contribution in [-0.2, 0) is 16.0 Å². The molecular formula is C19H17N5O6S. The van der Waals surface area contributed by atoms with Crippen LogP contribution in [0.2, 0.25) is 0 Å². The zero-order chi connectivity index (χ0) is 22.1. The Morgan fingerprint density at radius 2 is 2.03 bits per heavy atom. The fourth-order valence-electron chi connectivity index (χ4n) is 3.49. The van der Waals surface area contributed by atoms with E-state index in [-0.39, 0.29) is 29.1 Å². The second-order valence-corrected chi connectivity index (χ2v) is 7.87. The van der Waals surface area contributed by atoms with Crippen molar-refractivity contribution in [3.8, 4) is 0 Å². The number of anilines is 1. The molecule has 160 valence electrons. The molecule has 0 unspecified atom stereocenters. The highest BCUT2D eigenvalue weighted by molar-refractivity contribution is 7.17. The molecule has 0 saturated carbocycles. The number of aromatic nitrogens is 2. The molecule has 1 aliphatic heterocycles. The molecule has 1 atom stereocenters. The minimum absolute atomic E-state index is 0.0328. The van der Waals surface area contributed by atoms with Gasteiger partial charge in [-0.05, 0) is 36.7 Å². The maximum Gasteiger partial charge on any atom is 0.394 e. The van der Waals surface area contributed by atoms with Gasteiger partial charge in [0.25, 0.3) is 5.91 Å². The van der Waals surface area contributed by atoms with Crippen LogP contribution in [0.15, 0.2) is 24.5 Å². The Balaban J connectivity index is 1.54. The highest BCUT2D eigenvalue weighted by Crippen LogP contribution is 2.39. The smallest absolute Gasteiger partial charge is 0.394 e. The molecule has 0 spiro atoms. The standard InChI is InChI=1S/C19H17N5O6S/c25-15(8-1-2-10-11(5-8)23-7-22-10)21-6-12-14-9(3-4-20-12)13(18(27)28)17(31-14)24-16(26)19(29)30/h1-2,5,7,12,20H,3-4,6H2,(H,21,25)(H,22,23)(H,24,26)(H,27,28)(H,29,30)/t12-/m0/s1. The van der Waals surface area contributed by atoms with Crippen LogP contribution in [0.4, 0.5) is 5.00 Å². The number of aromatic amines is 1. The molecule has 1 aliphatic rings. The highest BCUT2D eigenvalue weighted by Gasteiger charge is 2.31. The van der Waals surface area contributed by atoms with E-state index in [1.165, 1.54) is 6.33 Å². The zero-order valence-corrected chi connectivity index (χ0v) is 16.7. The van der Waals surface area contributed by atoms with Crippen molar-refractivity contribution in [2.24, 2.45) is 0 Å². The molecule has 4 rings (SSSR count). The number of nitrogens with zero attached hydrogens (tertiary/aromatic N) is 1. The molecular weight excluding hydrogens is 426 g/mol. The number of fused-ring (bicyclic) bond motifs is 2. The summed E-state index contributed by atoms with van der Waals surface area (Å²) in [5.74, 6) is -4.58. The summed E-state index contributed by atoms with van der Waals surface area (Å²) < 4.78 is 0. The van der Waals surface area contributed by atoms with Crippen molar-refractivity contribution in [2.45, 2.75) is 12.5 Å². The van der Waals surface area contributed by atoms with Crippen LogP contribution < -0.4 is 16.0 Å². The Hall–Kier alpha value is -3.77. The first-order valence-corrected chi connectivity index (χ1v) is 10.0. The van der Waals surface area contributed by atoms with Crippen LogP contribution in [0, 0.1) is 0 Å². The fraction of sp³-hybridized carbons (Fsp3) is 0.211. The molecule has 6 N–H and O–H groups in total. The molecule has 0 saturated heterocycles. The van der Waals surface area contributed by atoms with Crippen molar-refractivity contribution < 1.29 is 29.4 Å². The number of thiophene rings is 1. The predicted molar refractivity (Wildman–Crippen MR) is 110 cm³/mol. The first kappa shape index (κ1) is 20.5. The van der Waals surface area contributed by atoms with Gasteiger partial charge in [0, 0.05) is 17.0 Å². The number of nitrogens with one attached hydrogen (secondary N) is 4. The van der Waals surface area contributed by atoms with Gasteiger partial charge >= 0.3 is 17.8 Å². The first-order valence-electron chi connectivity index (χ1n) is 9.23. The lowest BCUT2D eigenvalue weighted by atomic mass is 9.99. The van der Waals surface area contributed by atoms with Crippen LogP contribution >= 0.6 is 11.3 Å². The van der Waals surface area contributed by atoms with Gasteiger partial charge in [-0.25, -0.2) is 14.6 Å².